The van der Waals surface area contributed by atoms with Gasteiger partial charge in [-0.2, -0.15) is 10.2 Å². The molecule has 0 bridgehead atoms. The molecule has 0 aliphatic carbocycles. The topological polar surface area (TPSA) is 68.5 Å². The van der Waals surface area contributed by atoms with Gasteiger partial charge in [0, 0.05) is 11.3 Å². The van der Waals surface area contributed by atoms with Crippen molar-refractivity contribution < 1.29 is 9.53 Å². The number of hydrazone groups is 1. The summed E-state index contributed by atoms with van der Waals surface area (Å²) in [5, 5.41) is 8.49. The molecule has 0 aliphatic rings. The Morgan fingerprint density at radius 3 is 2.74 bits per heavy atom. The van der Waals surface area contributed by atoms with Crippen LogP contribution in [0.5, 0.6) is 5.75 Å². The van der Waals surface area contributed by atoms with Crippen LogP contribution in [-0.2, 0) is 6.54 Å². The van der Waals surface area contributed by atoms with Crippen molar-refractivity contribution >= 4 is 12.1 Å². The van der Waals surface area contributed by atoms with Gasteiger partial charge in [0.05, 0.1) is 25.6 Å². The molecule has 0 saturated carbocycles. The summed E-state index contributed by atoms with van der Waals surface area (Å²) in [5.74, 6) is 0.478. The van der Waals surface area contributed by atoms with Crippen LogP contribution in [0, 0.1) is 13.8 Å². The third-order valence-electron chi connectivity index (χ3n) is 4.10. The number of carbonyl (C=O) groups excluding carboxylic acids is 1. The molecule has 3 rings (SSSR count). The molecule has 0 unspecified atom stereocenters. The van der Waals surface area contributed by atoms with Crippen LogP contribution in [0.15, 0.2) is 59.7 Å². The summed E-state index contributed by atoms with van der Waals surface area (Å²) >= 11 is 0. The Kier molecular flexibility index (Phi) is 5.66. The molecule has 3 aromatic rings. The maximum atomic E-state index is 12.4. The number of carbonyl (C=O) groups is 1. The summed E-state index contributed by atoms with van der Waals surface area (Å²) in [6, 6.07) is 16.9. The second-order valence-electron chi connectivity index (χ2n) is 6.26. The first-order chi connectivity index (χ1) is 13.0. The highest BCUT2D eigenvalue weighted by molar-refractivity contribution is 5.95. The Bertz CT molecular complexity index is 976. The molecule has 6 heteroatoms. The number of methoxy groups -OCH3 is 1. The molecule has 1 heterocycles. The predicted octanol–water partition coefficient (Wildman–Crippen LogP) is 3.32. The van der Waals surface area contributed by atoms with Gasteiger partial charge in [-0.3, -0.25) is 9.48 Å². The summed E-state index contributed by atoms with van der Waals surface area (Å²) in [7, 11) is 1.61. The van der Waals surface area contributed by atoms with E-state index in [1.807, 2.05) is 67.1 Å². The first-order valence-electron chi connectivity index (χ1n) is 8.62. The van der Waals surface area contributed by atoms with Gasteiger partial charge in [0.25, 0.3) is 5.91 Å². The van der Waals surface area contributed by atoms with Crippen LogP contribution in [0.25, 0.3) is 0 Å². The Labute approximate surface area is 158 Å². The summed E-state index contributed by atoms with van der Waals surface area (Å²) in [4.78, 5) is 12.4. The number of nitrogens with zero attached hydrogens (tertiary/aromatic N) is 3. The van der Waals surface area contributed by atoms with Gasteiger partial charge in [0.2, 0.25) is 0 Å². The van der Waals surface area contributed by atoms with Crippen LogP contribution in [0.1, 0.15) is 32.9 Å². The number of rotatable bonds is 6. The molecular formula is C21H22N4O2. The van der Waals surface area contributed by atoms with E-state index in [9.17, 15) is 4.79 Å². The van der Waals surface area contributed by atoms with E-state index in [0.29, 0.717) is 12.1 Å². The van der Waals surface area contributed by atoms with E-state index in [1.165, 1.54) is 0 Å². The summed E-state index contributed by atoms with van der Waals surface area (Å²) < 4.78 is 7.09. The van der Waals surface area contributed by atoms with Crippen molar-refractivity contribution in [2.75, 3.05) is 7.11 Å². The van der Waals surface area contributed by atoms with Crippen molar-refractivity contribution in [3.63, 3.8) is 0 Å². The molecule has 0 fully saturated rings. The molecule has 1 aromatic heterocycles. The lowest BCUT2D eigenvalue weighted by atomic mass is 10.1. The minimum absolute atomic E-state index is 0.260. The number of hydrogen-bond acceptors (Lipinski definition) is 4. The number of amides is 1. The number of aryl methyl sites for hydroxylation is 2. The Hall–Kier alpha value is -3.41. The Morgan fingerprint density at radius 1 is 1.19 bits per heavy atom. The number of ether oxygens (including phenoxy) is 1. The van der Waals surface area contributed by atoms with Gasteiger partial charge in [0.15, 0.2) is 0 Å². The van der Waals surface area contributed by atoms with Crippen molar-refractivity contribution in [1.29, 1.82) is 0 Å². The second kappa shape index (κ2) is 8.31. The van der Waals surface area contributed by atoms with E-state index in [-0.39, 0.29) is 5.91 Å². The fourth-order valence-corrected chi connectivity index (χ4v) is 2.77. The molecule has 6 nitrogen and oxygen atoms in total. The standard InChI is InChI=1S/C21H22N4O2/c1-15-10-16(2)25(24-15)14-18-7-4-8-19(11-18)21(26)23-22-13-17-6-5-9-20(12-17)27-3/h4-13H,14H2,1-3H3,(H,23,26)/b22-13+. The molecule has 0 atom stereocenters. The number of aromatic nitrogens is 2. The molecule has 1 amide bonds. The maximum Gasteiger partial charge on any atom is 0.271 e. The minimum atomic E-state index is -0.260. The molecule has 0 saturated heterocycles. The molecular weight excluding hydrogens is 340 g/mol. The van der Waals surface area contributed by atoms with Crippen LogP contribution >= 0.6 is 0 Å². The first-order valence-corrected chi connectivity index (χ1v) is 8.62. The zero-order chi connectivity index (χ0) is 19.2. The average Bonchev–Trinajstić information content (AvgIpc) is 2.99. The normalized spacial score (nSPS) is 10.9. The minimum Gasteiger partial charge on any atom is -0.497 e. The van der Waals surface area contributed by atoms with E-state index >= 15 is 0 Å². The lowest BCUT2D eigenvalue weighted by molar-refractivity contribution is 0.0955. The number of benzene rings is 2. The van der Waals surface area contributed by atoms with E-state index in [2.05, 4.69) is 15.6 Å². The highest BCUT2D eigenvalue weighted by Crippen LogP contribution is 2.11. The highest BCUT2D eigenvalue weighted by Gasteiger charge is 2.07. The second-order valence-corrected chi connectivity index (χ2v) is 6.26. The van der Waals surface area contributed by atoms with E-state index in [0.717, 1.165) is 28.3 Å². The monoisotopic (exact) mass is 362 g/mol. The summed E-state index contributed by atoms with van der Waals surface area (Å²) in [5.41, 5.74) is 7.03. The van der Waals surface area contributed by atoms with Gasteiger partial charge in [-0.15, -0.1) is 0 Å². The molecule has 27 heavy (non-hydrogen) atoms. The van der Waals surface area contributed by atoms with Crippen LogP contribution in [0.3, 0.4) is 0 Å². The highest BCUT2D eigenvalue weighted by atomic mass is 16.5. The van der Waals surface area contributed by atoms with Gasteiger partial charge in [-0.1, -0.05) is 24.3 Å². The molecule has 138 valence electrons. The van der Waals surface area contributed by atoms with Crippen molar-refractivity contribution in [3.05, 3.63) is 82.7 Å². The lowest BCUT2D eigenvalue weighted by Gasteiger charge is -2.07. The van der Waals surface area contributed by atoms with Crippen molar-refractivity contribution in [2.24, 2.45) is 5.10 Å². The van der Waals surface area contributed by atoms with E-state index in [4.69, 9.17) is 4.74 Å². The van der Waals surface area contributed by atoms with Gasteiger partial charge in [-0.25, -0.2) is 5.43 Å². The molecule has 0 aliphatic heterocycles. The van der Waals surface area contributed by atoms with Crippen molar-refractivity contribution in [1.82, 2.24) is 15.2 Å². The van der Waals surface area contributed by atoms with Crippen LogP contribution in [-0.4, -0.2) is 29.0 Å². The zero-order valence-electron chi connectivity index (χ0n) is 15.6. The van der Waals surface area contributed by atoms with Crippen molar-refractivity contribution in [2.45, 2.75) is 20.4 Å². The third kappa shape index (κ3) is 4.82. The predicted molar refractivity (Wildman–Crippen MR) is 105 cm³/mol. The number of hydrogen-bond donors (Lipinski definition) is 1. The summed E-state index contributed by atoms with van der Waals surface area (Å²) in [6.45, 7) is 4.60. The average molecular weight is 362 g/mol. The van der Waals surface area contributed by atoms with Crippen LogP contribution in [0.2, 0.25) is 0 Å². The molecule has 2 aromatic carbocycles. The molecule has 0 spiro atoms. The summed E-state index contributed by atoms with van der Waals surface area (Å²) in [6.07, 6.45) is 1.58. The first kappa shape index (κ1) is 18.4. The maximum absolute atomic E-state index is 12.4. The fraction of sp³-hybridized carbons (Fsp3) is 0.190. The lowest BCUT2D eigenvalue weighted by Crippen LogP contribution is -2.18. The fourth-order valence-electron chi connectivity index (χ4n) is 2.77. The number of nitrogens with one attached hydrogen (secondary N) is 1. The quantitative estimate of drug-likeness (QED) is 0.540. The van der Waals surface area contributed by atoms with E-state index in [1.54, 1.807) is 19.4 Å². The SMILES string of the molecule is COc1cccc(/C=N/NC(=O)c2cccc(Cn3nc(C)cc3C)c2)c1. The smallest absolute Gasteiger partial charge is 0.271 e. The zero-order valence-corrected chi connectivity index (χ0v) is 15.6. The van der Waals surface area contributed by atoms with Gasteiger partial charge < -0.3 is 4.74 Å². The van der Waals surface area contributed by atoms with Gasteiger partial charge in [0.1, 0.15) is 5.75 Å². The van der Waals surface area contributed by atoms with E-state index < -0.39 is 0 Å². The molecule has 0 radical (unpaired) electrons. The third-order valence-corrected chi connectivity index (χ3v) is 4.10. The Morgan fingerprint density at radius 2 is 2.00 bits per heavy atom. The van der Waals surface area contributed by atoms with Gasteiger partial charge >= 0.3 is 0 Å². The largest absolute Gasteiger partial charge is 0.497 e. The van der Waals surface area contributed by atoms with Crippen LogP contribution < -0.4 is 10.2 Å². The van der Waals surface area contributed by atoms with Crippen molar-refractivity contribution in [3.8, 4) is 5.75 Å². The molecule has 1 N–H and O–H groups in total. The van der Waals surface area contributed by atoms with Crippen LogP contribution in [0.4, 0.5) is 0 Å². The van der Waals surface area contributed by atoms with Gasteiger partial charge in [-0.05, 0) is 55.3 Å². The Balaban J connectivity index is 1.66.